The molecule has 0 aliphatic carbocycles. The van der Waals surface area contributed by atoms with Gasteiger partial charge in [-0.05, 0) is 42.0 Å². The Morgan fingerprint density at radius 1 is 1.04 bits per heavy atom. The number of benzene rings is 1. The molecule has 0 atom stereocenters. The van der Waals surface area contributed by atoms with Crippen molar-refractivity contribution in [2.45, 2.75) is 19.7 Å². The van der Waals surface area contributed by atoms with Gasteiger partial charge in [0.05, 0.1) is 11.4 Å². The van der Waals surface area contributed by atoms with Crippen molar-refractivity contribution in [3.8, 4) is 17.6 Å². The van der Waals surface area contributed by atoms with E-state index in [9.17, 15) is 4.39 Å². The van der Waals surface area contributed by atoms with Gasteiger partial charge in [-0.25, -0.2) is 9.37 Å². The monoisotopic (exact) mass is 347 g/mol. The maximum atomic E-state index is 13.0. The van der Waals surface area contributed by atoms with Gasteiger partial charge in [-0.2, -0.15) is 0 Å². The lowest BCUT2D eigenvalue weighted by atomic mass is 10.1. The van der Waals surface area contributed by atoms with E-state index in [1.54, 1.807) is 18.3 Å². The molecule has 3 rings (SSSR count). The van der Waals surface area contributed by atoms with Gasteiger partial charge in [0.25, 0.3) is 0 Å². The SMILES string of the molecule is Nc1ccc(C#CCc2ccc(OCc3ccccn3)cc2)c(CF)n1. The van der Waals surface area contributed by atoms with Crippen LogP contribution in [-0.2, 0) is 19.7 Å². The minimum Gasteiger partial charge on any atom is -0.487 e. The van der Waals surface area contributed by atoms with E-state index >= 15 is 0 Å². The lowest BCUT2D eigenvalue weighted by molar-refractivity contribution is 0.301. The topological polar surface area (TPSA) is 61.0 Å². The molecule has 0 unspecified atom stereocenters. The van der Waals surface area contributed by atoms with Gasteiger partial charge in [-0.15, -0.1) is 0 Å². The summed E-state index contributed by atoms with van der Waals surface area (Å²) in [4.78, 5) is 8.17. The average molecular weight is 347 g/mol. The summed E-state index contributed by atoms with van der Waals surface area (Å²) >= 11 is 0. The zero-order valence-corrected chi connectivity index (χ0v) is 14.2. The Kier molecular flexibility index (Phi) is 5.79. The third-order valence-electron chi connectivity index (χ3n) is 3.67. The predicted molar refractivity (Wildman–Crippen MR) is 99.1 cm³/mol. The molecule has 26 heavy (non-hydrogen) atoms. The number of hydrogen-bond donors (Lipinski definition) is 1. The molecule has 0 bridgehead atoms. The van der Waals surface area contributed by atoms with Crippen molar-refractivity contribution in [2.24, 2.45) is 0 Å². The molecule has 2 N–H and O–H groups in total. The highest BCUT2D eigenvalue weighted by Gasteiger charge is 2.02. The number of aromatic nitrogens is 2. The van der Waals surface area contributed by atoms with Gasteiger partial charge in [0.1, 0.15) is 24.8 Å². The van der Waals surface area contributed by atoms with Crippen LogP contribution in [0.2, 0.25) is 0 Å². The highest BCUT2D eigenvalue weighted by molar-refractivity contribution is 5.44. The number of hydrogen-bond acceptors (Lipinski definition) is 4. The molecule has 0 spiro atoms. The molecule has 0 radical (unpaired) electrons. The minimum atomic E-state index is -0.683. The van der Waals surface area contributed by atoms with Crippen molar-refractivity contribution in [3.05, 3.63) is 83.3 Å². The van der Waals surface area contributed by atoms with Crippen LogP contribution in [0.3, 0.4) is 0 Å². The van der Waals surface area contributed by atoms with E-state index in [0.717, 1.165) is 17.0 Å². The second-order valence-electron chi connectivity index (χ2n) is 5.60. The van der Waals surface area contributed by atoms with Gasteiger partial charge in [-0.3, -0.25) is 4.98 Å². The Labute approximate surface area is 151 Å². The Morgan fingerprint density at radius 3 is 2.62 bits per heavy atom. The van der Waals surface area contributed by atoms with E-state index in [1.807, 2.05) is 42.5 Å². The van der Waals surface area contributed by atoms with Crippen molar-refractivity contribution in [1.82, 2.24) is 9.97 Å². The number of alkyl halides is 1. The molecule has 0 aliphatic rings. The summed E-state index contributed by atoms with van der Waals surface area (Å²) in [6.45, 7) is -0.256. The molecule has 2 aromatic heterocycles. The van der Waals surface area contributed by atoms with Crippen molar-refractivity contribution < 1.29 is 9.13 Å². The molecule has 130 valence electrons. The highest BCUT2D eigenvalue weighted by Crippen LogP contribution is 2.14. The molecule has 3 aromatic rings. The second kappa shape index (κ2) is 8.63. The number of ether oxygens (including phenoxy) is 1. The third-order valence-corrected chi connectivity index (χ3v) is 3.67. The molecule has 4 nitrogen and oxygen atoms in total. The number of nitrogen functional groups attached to an aromatic ring is 1. The summed E-state index contributed by atoms with van der Waals surface area (Å²) in [5.74, 6) is 7.06. The Morgan fingerprint density at radius 2 is 1.88 bits per heavy atom. The summed E-state index contributed by atoms with van der Waals surface area (Å²) in [6, 6.07) is 16.8. The van der Waals surface area contributed by atoms with Crippen LogP contribution in [0.15, 0.2) is 60.8 Å². The minimum absolute atomic E-state index is 0.274. The number of rotatable bonds is 5. The summed E-state index contributed by atoms with van der Waals surface area (Å²) in [7, 11) is 0. The van der Waals surface area contributed by atoms with E-state index in [2.05, 4.69) is 21.8 Å². The Balaban J connectivity index is 1.58. The predicted octanol–water partition coefficient (Wildman–Crippen LogP) is 3.70. The molecule has 5 heteroatoms. The summed E-state index contributed by atoms with van der Waals surface area (Å²) in [5.41, 5.74) is 8.32. The fourth-order valence-corrected chi connectivity index (χ4v) is 2.32. The van der Waals surface area contributed by atoms with Crippen LogP contribution >= 0.6 is 0 Å². The van der Waals surface area contributed by atoms with Gasteiger partial charge < -0.3 is 10.5 Å². The molecule has 0 aliphatic heterocycles. The summed E-state index contributed by atoms with van der Waals surface area (Å²) in [6.07, 6.45) is 2.29. The van der Waals surface area contributed by atoms with Crippen LogP contribution in [0.25, 0.3) is 0 Å². The lowest BCUT2D eigenvalue weighted by Gasteiger charge is -2.06. The first-order chi connectivity index (χ1) is 12.7. The molecule has 1 aromatic carbocycles. The van der Waals surface area contributed by atoms with Crippen LogP contribution in [0.1, 0.15) is 22.5 Å². The number of anilines is 1. The number of pyridine rings is 2. The molecule has 2 heterocycles. The molecular weight excluding hydrogens is 329 g/mol. The largest absolute Gasteiger partial charge is 0.487 e. The van der Waals surface area contributed by atoms with Crippen molar-refractivity contribution >= 4 is 5.82 Å². The molecule has 0 saturated heterocycles. The molecule has 0 amide bonds. The van der Waals surface area contributed by atoms with Crippen LogP contribution in [0, 0.1) is 11.8 Å². The molecule has 0 fully saturated rings. The normalized spacial score (nSPS) is 10.0. The van der Waals surface area contributed by atoms with E-state index in [4.69, 9.17) is 10.5 Å². The van der Waals surface area contributed by atoms with Crippen molar-refractivity contribution in [1.29, 1.82) is 0 Å². The first-order valence-corrected chi connectivity index (χ1v) is 8.16. The van der Waals surface area contributed by atoms with Crippen LogP contribution in [0.5, 0.6) is 5.75 Å². The van der Waals surface area contributed by atoms with Gasteiger partial charge in [0.15, 0.2) is 0 Å². The highest BCUT2D eigenvalue weighted by atomic mass is 19.1. The fourth-order valence-electron chi connectivity index (χ4n) is 2.32. The zero-order chi connectivity index (χ0) is 18.2. The first kappa shape index (κ1) is 17.4. The van der Waals surface area contributed by atoms with Crippen molar-refractivity contribution in [3.63, 3.8) is 0 Å². The average Bonchev–Trinajstić information content (AvgIpc) is 2.69. The zero-order valence-electron chi connectivity index (χ0n) is 14.2. The van der Waals surface area contributed by atoms with Crippen LogP contribution < -0.4 is 10.5 Å². The molecular formula is C21H18FN3O. The standard InChI is InChI=1S/C21H18FN3O/c22-14-20-17(9-12-21(23)25-20)5-3-4-16-7-10-19(11-8-16)26-15-18-6-1-2-13-24-18/h1-2,6-13H,4,14-15H2,(H2,23,25). The summed E-state index contributed by atoms with van der Waals surface area (Å²) < 4.78 is 18.7. The van der Waals surface area contributed by atoms with Crippen LogP contribution in [0.4, 0.5) is 10.2 Å². The van der Waals surface area contributed by atoms with E-state index in [0.29, 0.717) is 24.4 Å². The van der Waals surface area contributed by atoms with Gasteiger partial charge >= 0.3 is 0 Å². The number of nitrogens with zero attached hydrogens (tertiary/aromatic N) is 2. The summed E-state index contributed by atoms with van der Waals surface area (Å²) in [5, 5.41) is 0. The number of nitrogens with two attached hydrogens (primary N) is 1. The maximum Gasteiger partial charge on any atom is 0.133 e. The van der Waals surface area contributed by atoms with Crippen molar-refractivity contribution in [2.75, 3.05) is 5.73 Å². The lowest BCUT2D eigenvalue weighted by Crippen LogP contribution is -1.97. The number of halogens is 1. The van der Waals surface area contributed by atoms with E-state index in [1.165, 1.54) is 0 Å². The second-order valence-corrected chi connectivity index (χ2v) is 5.60. The van der Waals surface area contributed by atoms with Gasteiger partial charge in [0.2, 0.25) is 0 Å². The molecule has 0 saturated carbocycles. The van der Waals surface area contributed by atoms with Gasteiger partial charge in [0, 0.05) is 18.2 Å². The van der Waals surface area contributed by atoms with Gasteiger partial charge in [-0.1, -0.05) is 30.0 Å². The first-order valence-electron chi connectivity index (χ1n) is 8.16. The smallest absolute Gasteiger partial charge is 0.133 e. The maximum absolute atomic E-state index is 13.0. The van der Waals surface area contributed by atoms with E-state index in [-0.39, 0.29) is 5.69 Å². The van der Waals surface area contributed by atoms with E-state index < -0.39 is 6.67 Å². The van der Waals surface area contributed by atoms with Crippen LogP contribution in [-0.4, -0.2) is 9.97 Å². The fraction of sp³-hybridized carbons (Fsp3) is 0.143. The third kappa shape index (κ3) is 4.81. The quantitative estimate of drug-likeness (QED) is 0.715. The Bertz CT molecular complexity index is 915. The Hall–Kier alpha value is -3.39.